The van der Waals surface area contributed by atoms with Crippen molar-refractivity contribution < 1.29 is 28.9 Å². The number of aromatic nitrogens is 4. The van der Waals surface area contributed by atoms with Gasteiger partial charge in [0.05, 0.1) is 31.6 Å². The number of pyridine rings is 1. The van der Waals surface area contributed by atoms with Gasteiger partial charge in [0.2, 0.25) is 5.88 Å². The highest BCUT2D eigenvalue weighted by molar-refractivity contribution is 5.78. The fourth-order valence-electron chi connectivity index (χ4n) is 4.18. The summed E-state index contributed by atoms with van der Waals surface area (Å²) in [6, 6.07) is 13.0. The number of carbonyl (C=O) groups is 1. The summed E-state index contributed by atoms with van der Waals surface area (Å²) in [6.07, 6.45) is 0.407. The first-order valence-electron chi connectivity index (χ1n) is 11.9. The Morgan fingerprint density at radius 3 is 2.50 bits per heavy atom. The summed E-state index contributed by atoms with van der Waals surface area (Å²) in [7, 11) is 2.99. The minimum Gasteiger partial charge on any atom is -0.497 e. The number of carboxylic acid groups (broad SMARTS) is 1. The fourth-order valence-corrected chi connectivity index (χ4v) is 4.18. The van der Waals surface area contributed by atoms with Gasteiger partial charge in [-0.05, 0) is 60.7 Å². The molecular formula is C27H27FN4O6. The summed E-state index contributed by atoms with van der Waals surface area (Å²) >= 11 is 0. The molecule has 4 aromatic rings. The molecule has 2 atom stereocenters. The van der Waals surface area contributed by atoms with Crippen molar-refractivity contribution in [3.63, 3.8) is 0 Å². The molecule has 4 rings (SSSR count). The van der Waals surface area contributed by atoms with E-state index in [2.05, 4.69) is 15.3 Å². The summed E-state index contributed by atoms with van der Waals surface area (Å²) < 4.78 is 26.0. The second kappa shape index (κ2) is 11.8. The highest BCUT2D eigenvalue weighted by Gasteiger charge is 2.27. The molecule has 2 N–H and O–H groups in total. The molecule has 2 aromatic carbocycles. The molecule has 0 aliphatic rings. The van der Waals surface area contributed by atoms with Crippen LogP contribution in [0.3, 0.4) is 0 Å². The van der Waals surface area contributed by atoms with E-state index in [-0.39, 0.29) is 31.2 Å². The van der Waals surface area contributed by atoms with Gasteiger partial charge in [0.25, 0.3) is 5.56 Å². The van der Waals surface area contributed by atoms with Crippen LogP contribution >= 0.6 is 0 Å². The molecule has 0 saturated heterocycles. The maximum atomic E-state index is 14.8. The number of methoxy groups -OCH3 is 2. The van der Waals surface area contributed by atoms with Gasteiger partial charge >= 0.3 is 5.97 Å². The average Bonchev–Trinajstić information content (AvgIpc) is 2.93. The van der Waals surface area contributed by atoms with Crippen LogP contribution in [0.2, 0.25) is 0 Å². The molecular weight excluding hydrogens is 495 g/mol. The number of hydrogen-bond acceptors (Lipinski definition) is 8. The topological polar surface area (TPSA) is 137 Å². The zero-order chi connectivity index (χ0) is 27.2. The maximum absolute atomic E-state index is 14.8. The van der Waals surface area contributed by atoms with E-state index >= 15 is 0 Å². The third kappa shape index (κ3) is 5.94. The molecule has 0 amide bonds. The van der Waals surface area contributed by atoms with Crippen molar-refractivity contribution in [1.29, 1.82) is 0 Å². The van der Waals surface area contributed by atoms with Crippen LogP contribution in [-0.4, -0.2) is 56.5 Å². The third-order valence-electron chi connectivity index (χ3n) is 6.40. The number of aliphatic hydroxyl groups excluding tert-OH is 1. The molecule has 11 heteroatoms. The lowest BCUT2D eigenvalue weighted by Crippen LogP contribution is -2.32. The first-order chi connectivity index (χ1) is 18.3. The highest BCUT2D eigenvalue weighted by Crippen LogP contribution is 2.25. The highest BCUT2D eigenvalue weighted by atomic mass is 19.1. The third-order valence-corrected chi connectivity index (χ3v) is 6.40. The van der Waals surface area contributed by atoms with Crippen LogP contribution in [0.5, 0.6) is 11.6 Å². The van der Waals surface area contributed by atoms with Crippen molar-refractivity contribution in [2.45, 2.75) is 31.9 Å². The van der Waals surface area contributed by atoms with E-state index < -0.39 is 29.4 Å². The standard InChI is InChI=1S/C27H27FN4O6/c1-37-19-7-8-23-21(14-19)26(34)32(31-30-23)12-11-20(27(35)36)24(33)9-5-16-3-4-17(13-22(16)28)18-6-10-25(38-2)29-15-18/h3-4,6-8,10,13-15,20,24,33H,5,9,11-12H2,1-2H3,(H,35,36)/t20-,24+/m0/s1. The predicted octanol–water partition coefficient (Wildman–Crippen LogP) is 3.09. The number of aryl methyl sites for hydroxylation is 2. The number of fused-ring (bicyclic) bond motifs is 1. The molecule has 0 radical (unpaired) electrons. The Balaban J connectivity index is 1.41. The monoisotopic (exact) mass is 522 g/mol. The van der Waals surface area contributed by atoms with Crippen molar-refractivity contribution in [1.82, 2.24) is 20.0 Å². The Bertz CT molecular complexity index is 1490. The summed E-state index contributed by atoms with van der Waals surface area (Å²) in [4.78, 5) is 28.8. The van der Waals surface area contributed by atoms with Crippen molar-refractivity contribution >= 4 is 16.9 Å². The van der Waals surface area contributed by atoms with Gasteiger partial charge in [-0.25, -0.2) is 14.1 Å². The lowest BCUT2D eigenvalue weighted by Gasteiger charge is -2.19. The number of benzene rings is 2. The van der Waals surface area contributed by atoms with Gasteiger partial charge in [-0.15, -0.1) is 5.10 Å². The smallest absolute Gasteiger partial charge is 0.309 e. The molecule has 0 aliphatic carbocycles. The summed E-state index contributed by atoms with van der Waals surface area (Å²) in [5, 5.41) is 28.5. The molecule has 2 heterocycles. The lowest BCUT2D eigenvalue weighted by atomic mass is 9.93. The van der Waals surface area contributed by atoms with E-state index in [0.29, 0.717) is 33.8 Å². The van der Waals surface area contributed by atoms with Crippen molar-refractivity contribution in [3.05, 3.63) is 76.5 Å². The summed E-state index contributed by atoms with van der Waals surface area (Å²) in [5.74, 6) is -1.94. The number of halogens is 1. The van der Waals surface area contributed by atoms with Crippen LogP contribution in [0.15, 0.2) is 59.5 Å². The quantitative estimate of drug-likeness (QED) is 0.304. The van der Waals surface area contributed by atoms with Crippen molar-refractivity contribution in [2.75, 3.05) is 14.2 Å². The van der Waals surface area contributed by atoms with E-state index in [4.69, 9.17) is 9.47 Å². The lowest BCUT2D eigenvalue weighted by molar-refractivity contribution is -0.146. The van der Waals surface area contributed by atoms with E-state index in [0.717, 1.165) is 4.68 Å². The Morgan fingerprint density at radius 1 is 1.05 bits per heavy atom. The van der Waals surface area contributed by atoms with Crippen LogP contribution < -0.4 is 15.0 Å². The second-order valence-electron chi connectivity index (χ2n) is 8.74. The van der Waals surface area contributed by atoms with Crippen LogP contribution in [0.25, 0.3) is 22.0 Å². The van der Waals surface area contributed by atoms with E-state index in [1.807, 2.05) is 0 Å². The molecule has 10 nitrogen and oxygen atoms in total. The van der Waals surface area contributed by atoms with Crippen LogP contribution in [0.1, 0.15) is 18.4 Å². The number of carboxylic acids is 1. The van der Waals surface area contributed by atoms with Crippen LogP contribution in [0, 0.1) is 11.7 Å². The molecule has 2 aromatic heterocycles. The van der Waals surface area contributed by atoms with Gasteiger partial charge in [-0.3, -0.25) is 9.59 Å². The number of nitrogens with zero attached hydrogens (tertiary/aromatic N) is 4. The molecule has 198 valence electrons. The van der Waals surface area contributed by atoms with Crippen LogP contribution in [0.4, 0.5) is 4.39 Å². The zero-order valence-electron chi connectivity index (χ0n) is 20.9. The zero-order valence-corrected chi connectivity index (χ0v) is 20.9. The largest absolute Gasteiger partial charge is 0.497 e. The van der Waals surface area contributed by atoms with Gasteiger partial charge in [-0.1, -0.05) is 17.3 Å². The van der Waals surface area contributed by atoms with Crippen molar-refractivity contribution in [2.24, 2.45) is 5.92 Å². The van der Waals surface area contributed by atoms with E-state index in [1.165, 1.54) is 26.4 Å². The first-order valence-corrected chi connectivity index (χ1v) is 11.9. The Kier molecular flexibility index (Phi) is 8.27. The molecule has 0 bridgehead atoms. The predicted molar refractivity (Wildman–Crippen MR) is 137 cm³/mol. The number of ether oxygens (including phenoxy) is 2. The Morgan fingerprint density at radius 2 is 1.84 bits per heavy atom. The number of aliphatic carboxylic acids is 1. The maximum Gasteiger partial charge on any atom is 0.309 e. The molecule has 38 heavy (non-hydrogen) atoms. The van der Waals surface area contributed by atoms with Gasteiger partial charge in [0.1, 0.15) is 17.1 Å². The Labute approximate surface area is 217 Å². The molecule has 0 saturated carbocycles. The van der Waals surface area contributed by atoms with Gasteiger partial charge in [0.15, 0.2) is 0 Å². The van der Waals surface area contributed by atoms with Crippen LogP contribution in [-0.2, 0) is 17.8 Å². The van der Waals surface area contributed by atoms with E-state index in [9.17, 15) is 24.2 Å². The SMILES string of the molecule is COc1ccc2nnn(CC[C@H](C(=O)O)[C@H](O)CCc3ccc(-c4ccc(OC)nc4)cc3F)c(=O)c2c1. The van der Waals surface area contributed by atoms with Gasteiger partial charge in [-0.2, -0.15) is 0 Å². The van der Waals surface area contributed by atoms with Crippen molar-refractivity contribution in [3.8, 4) is 22.8 Å². The summed E-state index contributed by atoms with van der Waals surface area (Å²) in [6.45, 7) is -0.0635. The first kappa shape index (κ1) is 26.7. The van der Waals surface area contributed by atoms with Gasteiger partial charge < -0.3 is 19.7 Å². The number of rotatable bonds is 11. The minimum absolute atomic E-state index is 0.0207. The minimum atomic E-state index is -1.26. The molecule has 0 unspecified atom stereocenters. The average molecular weight is 523 g/mol. The number of aliphatic hydroxyl groups is 1. The molecule has 0 fully saturated rings. The second-order valence-corrected chi connectivity index (χ2v) is 8.74. The fraction of sp³-hybridized carbons (Fsp3) is 0.296. The Hall–Kier alpha value is -4.38. The summed E-state index contributed by atoms with van der Waals surface area (Å²) in [5.41, 5.74) is 1.64. The number of hydrogen-bond donors (Lipinski definition) is 2. The normalized spacial score (nSPS) is 12.7. The van der Waals surface area contributed by atoms with E-state index in [1.54, 1.807) is 42.6 Å². The molecule has 0 aliphatic heterocycles. The molecule has 0 spiro atoms. The van der Waals surface area contributed by atoms with Gasteiger partial charge in [0, 0.05) is 24.4 Å².